The molecule has 0 saturated carbocycles. The van der Waals surface area contributed by atoms with Crippen molar-refractivity contribution in [1.29, 1.82) is 0 Å². The molecule has 0 bridgehead atoms. The van der Waals surface area contributed by atoms with Gasteiger partial charge in [0.25, 0.3) is 0 Å². The van der Waals surface area contributed by atoms with Crippen LogP contribution in [0.5, 0.6) is 0 Å². The zero-order valence-corrected chi connectivity index (χ0v) is 16.5. The molecular weight excluding hydrogens is 446 g/mol. The van der Waals surface area contributed by atoms with E-state index in [1.165, 1.54) is 4.57 Å². The Morgan fingerprint density at radius 3 is 2.48 bits per heavy atom. The molecule has 0 radical (unpaired) electrons. The molecule has 0 aliphatic carbocycles. The lowest BCUT2D eigenvalue weighted by Gasteiger charge is -2.25. The highest BCUT2D eigenvalue weighted by Gasteiger charge is 2.38. The van der Waals surface area contributed by atoms with Crippen molar-refractivity contribution in [1.82, 2.24) is 9.55 Å². The van der Waals surface area contributed by atoms with Crippen LogP contribution in [0.15, 0.2) is 23.2 Å². The molecule has 0 amide bonds. The van der Waals surface area contributed by atoms with E-state index >= 15 is 0 Å². The highest BCUT2D eigenvalue weighted by molar-refractivity contribution is 14.1. The van der Waals surface area contributed by atoms with Crippen molar-refractivity contribution in [3.63, 3.8) is 0 Å². The summed E-state index contributed by atoms with van der Waals surface area (Å²) in [6, 6.07) is 5.01. The van der Waals surface area contributed by atoms with Crippen LogP contribution in [0.1, 0.15) is 43.1 Å². The average Bonchev–Trinajstić information content (AvgIpc) is 3.10. The van der Waals surface area contributed by atoms with Crippen LogP contribution in [0.25, 0.3) is 11.0 Å². The van der Waals surface area contributed by atoms with E-state index in [2.05, 4.69) is 30.7 Å². The third-order valence-electron chi connectivity index (χ3n) is 4.17. The SMILES string of the molecule is CC(I)n1c(C(F)(F)F)nc2cc(C3=NCC(C(C)(C)C)O3)ccc21. The van der Waals surface area contributed by atoms with Crippen LogP contribution in [0.2, 0.25) is 0 Å². The third kappa shape index (κ3) is 3.50. The summed E-state index contributed by atoms with van der Waals surface area (Å²) in [5.74, 6) is -0.421. The monoisotopic (exact) mass is 465 g/mol. The van der Waals surface area contributed by atoms with Crippen LogP contribution >= 0.6 is 22.6 Å². The van der Waals surface area contributed by atoms with Crippen molar-refractivity contribution in [2.75, 3.05) is 6.54 Å². The summed E-state index contributed by atoms with van der Waals surface area (Å²) in [5, 5.41) is 0. The molecule has 1 aromatic carbocycles. The summed E-state index contributed by atoms with van der Waals surface area (Å²) in [6.45, 7) is 8.45. The first kappa shape index (κ1) is 18.5. The lowest BCUT2D eigenvalue weighted by Crippen LogP contribution is -2.29. The number of benzene rings is 1. The minimum absolute atomic E-state index is 0.0455. The summed E-state index contributed by atoms with van der Waals surface area (Å²) in [4.78, 5) is 8.24. The number of alkyl halides is 4. The molecule has 2 atom stereocenters. The maximum Gasteiger partial charge on any atom is 0.449 e. The minimum atomic E-state index is -4.50. The van der Waals surface area contributed by atoms with Gasteiger partial charge in [-0.2, -0.15) is 13.2 Å². The van der Waals surface area contributed by atoms with Crippen LogP contribution in [-0.4, -0.2) is 28.1 Å². The highest BCUT2D eigenvalue weighted by Crippen LogP contribution is 2.36. The molecule has 8 heteroatoms. The van der Waals surface area contributed by atoms with E-state index in [9.17, 15) is 13.2 Å². The molecule has 2 aromatic rings. The van der Waals surface area contributed by atoms with Gasteiger partial charge in [0.15, 0.2) is 0 Å². The fourth-order valence-corrected chi connectivity index (χ4v) is 3.34. The number of ether oxygens (including phenoxy) is 1. The van der Waals surface area contributed by atoms with Gasteiger partial charge in [0.05, 0.1) is 21.6 Å². The number of nitrogens with zero attached hydrogens (tertiary/aromatic N) is 3. The molecule has 2 unspecified atom stereocenters. The summed E-state index contributed by atoms with van der Waals surface area (Å²) in [6.07, 6.45) is -4.55. The molecule has 0 spiro atoms. The smallest absolute Gasteiger partial charge is 0.449 e. The van der Waals surface area contributed by atoms with Gasteiger partial charge in [-0.3, -0.25) is 0 Å². The lowest BCUT2D eigenvalue weighted by atomic mass is 9.89. The standard InChI is InChI=1S/C17H19F3IN3O/c1-9(21)24-12-6-5-10(7-11(12)23-15(24)17(18,19)20)14-22-8-13(25-14)16(2,3)4/h5-7,9,13H,8H2,1-4H3. The van der Waals surface area contributed by atoms with Gasteiger partial charge in [0.2, 0.25) is 11.7 Å². The van der Waals surface area contributed by atoms with Gasteiger partial charge in [0, 0.05) is 11.0 Å². The van der Waals surface area contributed by atoms with Crippen molar-refractivity contribution < 1.29 is 17.9 Å². The Kier molecular flexibility index (Phi) is 4.53. The molecule has 0 saturated heterocycles. The largest absolute Gasteiger partial charge is 0.472 e. The van der Waals surface area contributed by atoms with Crippen LogP contribution in [0.4, 0.5) is 13.2 Å². The zero-order valence-electron chi connectivity index (χ0n) is 14.4. The van der Waals surface area contributed by atoms with Gasteiger partial charge in [0.1, 0.15) is 6.10 Å². The number of aliphatic imine (C=N–C) groups is 1. The maximum atomic E-state index is 13.3. The van der Waals surface area contributed by atoms with E-state index in [4.69, 9.17) is 4.74 Å². The van der Waals surface area contributed by atoms with Gasteiger partial charge in [-0.1, -0.05) is 43.4 Å². The molecule has 1 aliphatic heterocycles. The Labute approximate surface area is 157 Å². The first-order valence-electron chi connectivity index (χ1n) is 7.93. The normalized spacial score (nSPS) is 19.8. The molecule has 0 N–H and O–H groups in total. The number of halogens is 4. The van der Waals surface area contributed by atoms with E-state index in [-0.39, 0.29) is 15.6 Å². The molecule has 4 nitrogen and oxygen atoms in total. The second kappa shape index (κ2) is 6.14. The maximum absolute atomic E-state index is 13.3. The van der Waals surface area contributed by atoms with Gasteiger partial charge in [-0.15, -0.1) is 0 Å². The van der Waals surface area contributed by atoms with Crippen molar-refractivity contribution in [3.8, 4) is 0 Å². The molecule has 3 rings (SSSR count). The summed E-state index contributed by atoms with van der Waals surface area (Å²) < 4.78 is 46.6. The van der Waals surface area contributed by atoms with Crippen molar-refractivity contribution in [2.45, 2.75) is 44.0 Å². The van der Waals surface area contributed by atoms with Crippen LogP contribution in [-0.2, 0) is 10.9 Å². The minimum Gasteiger partial charge on any atom is -0.472 e. The number of fused-ring (bicyclic) bond motifs is 1. The number of hydrogen-bond acceptors (Lipinski definition) is 3. The van der Waals surface area contributed by atoms with Gasteiger partial charge in [-0.25, -0.2) is 9.98 Å². The molecule has 2 heterocycles. The van der Waals surface area contributed by atoms with Gasteiger partial charge < -0.3 is 9.30 Å². The number of imidazole rings is 1. The fraction of sp³-hybridized carbons (Fsp3) is 0.529. The molecule has 1 aromatic heterocycles. The predicted octanol–water partition coefficient (Wildman–Crippen LogP) is 5.20. The first-order chi connectivity index (χ1) is 11.5. The Morgan fingerprint density at radius 2 is 1.96 bits per heavy atom. The zero-order chi connectivity index (χ0) is 18.6. The van der Waals surface area contributed by atoms with E-state index < -0.39 is 12.0 Å². The van der Waals surface area contributed by atoms with E-state index in [0.29, 0.717) is 29.0 Å². The Balaban J connectivity index is 2.02. The Hall–Kier alpha value is -1.32. The third-order valence-corrected chi connectivity index (χ3v) is 4.72. The predicted molar refractivity (Wildman–Crippen MR) is 99.2 cm³/mol. The first-order valence-corrected chi connectivity index (χ1v) is 9.18. The number of aromatic nitrogens is 2. The molecule has 0 fully saturated rings. The highest BCUT2D eigenvalue weighted by atomic mass is 127. The Morgan fingerprint density at radius 1 is 1.28 bits per heavy atom. The topological polar surface area (TPSA) is 39.4 Å². The molecular formula is C17H19F3IN3O. The molecule has 1 aliphatic rings. The average molecular weight is 465 g/mol. The summed E-state index contributed by atoms with van der Waals surface area (Å²) >= 11 is 1.95. The van der Waals surface area contributed by atoms with Gasteiger partial charge >= 0.3 is 6.18 Å². The molecule has 136 valence electrons. The Bertz CT molecular complexity index is 834. The second-order valence-corrected chi connectivity index (χ2v) is 9.00. The van der Waals surface area contributed by atoms with E-state index in [1.807, 2.05) is 22.6 Å². The number of hydrogen-bond donors (Lipinski definition) is 0. The van der Waals surface area contributed by atoms with Crippen molar-refractivity contribution in [2.24, 2.45) is 10.4 Å². The summed E-state index contributed by atoms with van der Waals surface area (Å²) in [7, 11) is 0. The van der Waals surface area contributed by atoms with Crippen LogP contribution in [0.3, 0.4) is 0 Å². The summed E-state index contributed by atoms with van der Waals surface area (Å²) in [5.41, 5.74) is 1.33. The van der Waals surface area contributed by atoms with E-state index in [1.54, 1.807) is 25.1 Å². The van der Waals surface area contributed by atoms with Crippen LogP contribution in [0, 0.1) is 5.41 Å². The lowest BCUT2D eigenvalue weighted by molar-refractivity contribution is -0.146. The quantitative estimate of drug-likeness (QED) is 0.452. The molecule has 25 heavy (non-hydrogen) atoms. The second-order valence-electron chi connectivity index (χ2n) is 7.20. The van der Waals surface area contributed by atoms with Crippen molar-refractivity contribution in [3.05, 3.63) is 29.6 Å². The fourth-order valence-electron chi connectivity index (χ4n) is 2.78. The van der Waals surface area contributed by atoms with E-state index in [0.717, 1.165) is 0 Å². The van der Waals surface area contributed by atoms with Crippen LogP contribution < -0.4 is 0 Å². The van der Waals surface area contributed by atoms with Crippen molar-refractivity contribution >= 4 is 39.5 Å². The van der Waals surface area contributed by atoms with Gasteiger partial charge in [-0.05, 0) is 25.1 Å². The number of rotatable bonds is 2.